The smallest absolute Gasteiger partial charge is 0.00132 e. The van der Waals surface area contributed by atoms with E-state index >= 15 is 0 Å². The zero-order chi connectivity index (χ0) is 21.8. The van der Waals surface area contributed by atoms with E-state index in [1.54, 1.807) is 0 Å². The van der Waals surface area contributed by atoms with Crippen molar-refractivity contribution in [2.75, 3.05) is 0 Å². The van der Waals surface area contributed by atoms with Gasteiger partial charge in [-0.3, -0.25) is 0 Å². The van der Waals surface area contributed by atoms with E-state index in [0.717, 1.165) is 6.42 Å². The normalized spacial score (nSPS) is 12.1. The Hall–Kier alpha value is -4.16. The molecule has 6 aromatic carbocycles. The lowest BCUT2D eigenvalue weighted by molar-refractivity contribution is 1.26. The lowest BCUT2D eigenvalue weighted by Gasteiger charge is -2.18. The Kier molecular flexibility index (Phi) is 4.01. The van der Waals surface area contributed by atoms with Crippen LogP contribution in [-0.2, 0) is 6.42 Å². The monoisotopic (exact) mass is 418 g/mol. The first kappa shape index (κ1) is 18.4. The fourth-order valence-electron chi connectivity index (χ4n) is 5.66. The van der Waals surface area contributed by atoms with E-state index in [-0.39, 0.29) is 0 Å². The van der Waals surface area contributed by atoms with Gasteiger partial charge in [0.2, 0.25) is 0 Å². The van der Waals surface area contributed by atoms with Crippen LogP contribution < -0.4 is 0 Å². The van der Waals surface area contributed by atoms with Gasteiger partial charge in [-0.1, -0.05) is 121 Å². The zero-order valence-electron chi connectivity index (χ0n) is 18.3. The summed E-state index contributed by atoms with van der Waals surface area (Å²) in [6, 6.07) is 44.4. The molecule has 0 heterocycles. The van der Waals surface area contributed by atoms with Crippen LogP contribution in [-0.4, -0.2) is 0 Å². The Bertz CT molecular complexity index is 1620. The summed E-state index contributed by atoms with van der Waals surface area (Å²) < 4.78 is 0. The van der Waals surface area contributed by atoms with E-state index in [1.165, 1.54) is 66.1 Å². The van der Waals surface area contributed by atoms with Crippen LogP contribution in [0.3, 0.4) is 0 Å². The maximum absolute atomic E-state index is 2.42. The van der Waals surface area contributed by atoms with Crippen LogP contribution >= 0.6 is 0 Å². The van der Waals surface area contributed by atoms with Gasteiger partial charge in [0, 0.05) is 0 Å². The third kappa shape index (κ3) is 2.78. The first-order valence-electron chi connectivity index (χ1n) is 11.6. The van der Waals surface area contributed by atoms with Crippen molar-refractivity contribution < 1.29 is 0 Å². The highest BCUT2D eigenvalue weighted by atomic mass is 14.2. The molecule has 0 spiro atoms. The molecule has 0 amide bonds. The molecule has 0 aromatic heterocycles. The molecular weight excluding hydrogens is 396 g/mol. The molecule has 0 bridgehead atoms. The minimum absolute atomic E-state index is 1.01. The molecule has 0 heteroatoms. The van der Waals surface area contributed by atoms with Crippen LogP contribution in [0.15, 0.2) is 121 Å². The van der Waals surface area contributed by atoms with Gasteiger partial charge in [-0.15, -0.1) is 0 Å². The summed E-state index contributed by atoms with van der Waals surface area (Å²) in [7, 11) is 0. The fraction of sp³-hybridized carbons (Fsp3) is 0.0303. The molecule has 0 atom stereocenters. The van der Waals surface area contributed by atoms with Gasteiger partial charge >= 0.3 is 0 Å². The summed E-state index contributed by atoms with van der Waals surface area (Å²) in [4.78, 5) is 0. The average Bonchev–Trinajstić information content (AvgIpc) is 3.25. The van der Waals surface area contributed by atoms with Crippen LogP contribution in [0.2, 0.25) is 0 Å². The number of benzene rings is 6. The Labute approximate surface area is 193 Å². The quantitative estimate of drug-likeness (QED) is 0.246. The second-order valence-corrected chi connectivity index (χ2v) is 8.91. The predicted octanol–water partition coefficient (Wildman–Crippen LogP) is 8.90. The molecule has 1 aliphatic rings. The highest BCUT2D eigenvalue weighted by Gasteiger charge is 2.20. The van der Waals surface area contributed by atoms with Crippen molar-refractivity contribution in [1.82, 2.24) is 0 Å². The number of hydrogen-bond donors (Lipinski definition) is 0. The minimum Gasteiger partial charge on any atom is -0.0622 e. The molecule has 0 aliphatic heterocycles. The highest BCUT2D eigenvalue weighted by Crippen LogP contribution is 2.45. The standard InChI is InChI=1S/C33H22/c1-2-10-22(11-3-1)32-28-14-6-8-16-30(28)33(31-17-9-7-15-29(31)32)24-18-19-27-25(21-24)20-23-12-4-5-13-26(23)27/h1-19,21H,20H2. The van der Waals surface area contributed by atoms with Gasteiger partial charge in [0.25, 0.3) is 0 Å². The van der Waals surface area contributed by atoms with Gasteiger partial charge in [0.05, 0.1) is 0 Å². The maximum atomic E-state index is 2.42. The van der Waals surface area contributed by atoms with Crippen LogP contribution in [0.4, 0.5) is 0 Å². The van der Waals surface area contributed by atoms with E-state index in [1.807, 2.05) is 0 Å². The van der Waals surface area contributed by atoms with Crippen molar-refractivity contribution in [1.29, 1.82) is 0 Å². The topological polar surface area (TPSA) is 0 Å². The molecule has 0 radical (unpaired) electrons. The highest BCUT2D eigenvalue weighted by molar-refractivity contribution is 6.21. The molecular formula is C33H22. The minimum atomic E-state index is 1.01. The molecule has 154 valence electrons. The third-order valence-corrected chi connectivity index (χ3v) is 7.08. The largest absolute Gasteiger partial charge is 0.0622 e. The molecule has 0 saturated carbocycles. The SMILES string of the molecule is c1ccc(-c2c3ccccc3c(-c3ccc4c(c3)Cc3ccccc3-4)c3ccccc23)cc1. The van der Waals surface area contributed by atoms with Crippen molar-refractivity contribution in [2.24, 2.45) is 0 Å². The van der Waals surface area contributed by atoms with Gasteiger partial charge < -0.3 is 0 Å². The summed E-state index contributed by atoms with van der Waals surface area (Å²) >= 11 is 0. The van der Waals surface area contributed by atoms with Crippen molar-refractivity contribution in [3.8, 4) is 33.4 Å². The molecule has 6 aromatic rings. The van der Waals surface area contributed by atoms with Crippen molar-refractivity contribution in [3.05, 3.63) is 132 Å². The summed E-state index contributed by atoms with van der Waals surface area (Å²) in [6.45, 7) is 0. The molecule has 0 nitrogen and oxygen atoms in total. The van der Waals surface area contributed by atoms with Gasteiger partial charge in [-0.25, -0.2) is 0 Å². The second kappa shape index (κ2) is 7.18. The average molecular weight is 419 g/mol. The molecule has 1 aliphatic carbocycles. The Morgan fingerprint density at radius 2 is 0.879 bits per heavy atom. The lowest BCUT2D eigenvalue weighted by atomic mass is 9.85. The summed E-state index contributed by atoms with van der Waals surface area (Å²) in [5.74, 6) is 0. The van der Waals surface area contributed by atoms with E-state index in [4.69, 9.17) is 0 Å². The first-order valence-corrected chi connectivity index (χ1v) is 11.6. The van der Waals surface area contributed by atoms with Crippen LogP contribution in [0, 0.1) is 0 Å². The van der Waals surface area contributed by atoms with E-state index in [9.17, 15) is 0 Å². The lowest BCUT2D eigenvalue weighted by Crippen LogP contribution is -1.91. The molecule has 0 N–H and O–H groups in total. The van der Waals surface area contributed by atoms with E-state index < -0.39 is 0 Å². The van der Waals surface area contributed by atoms with Gasteiger partial charge in [-0.05, 0) is 72.5 Å². The van der Waals surface area contributed by atoms with Crippen molar-refractivity contribution >= 4 is 21.5 Å². The fourth-order valence-corrected chi connectivity index (χ4v) is 5.66. The van der Waals surface area contributed by atoms with Crippen LogP contribution in [0.1, 0.15) is 11.1 Å². The van der Waals surface area contributed by atoms with Crippen molar-refractivity contribution in [2.45, 2.75) is 6.42 Å². The molecule has 7 rings (SSSR count). The molecule has 0 unspecified atom stereocenters. The predicted molar refractivity (Wildman–Crippen MR) is 141 cm³/mol. The van der Waals surface area contributed by atoms with E-state index in [0.29, 0.717) is 0 Å². The molecule has 33 heavy (non-hydrogen) atoms. The Morgan fingerprint density at radius 1 is 0.364 bits per heavy atom. The van der Waals surface area contributed by atoms with Crippen molar-refractivity contribution in [3.63, 3.8) is 0 Å². The summed E-state index contributed by atoms with van der Waals surface area (Å²) in [5, 5.41) is 5.23. The zero-order valence-corrected chi connectivity index (χ0v) is 18.3. The third-order valence-electron chi connectivity index (χ3n) is 7.08. The number of hydrogen-bond acceptors (Lipinski definition) is 0. The van der Waals surface area contributed by atoms with E-state index in [2.05, 4.69) is 121 Å². The molecule has 0 fully saturated rings. The Morgan fingerprint density at radius 3 is 1.55 bits per heavy atom. The summed E-state index contributed by atoms with van der Waals surface area (Å²) in [5.41, 5.74) is 10.8. The van der Waals surface area contributed by atoms with Crippen LogP contribution in [0.25, 0.3) is 54.9 Å². The number of fused-ring (bicyclic) bond motifs is 5. The van der Waals surface area contributed by atoms with Gasteiger partial charge in [0.1, 0.15) is 0 Å². The summed E-state index contributed by atoms with van der Waals surface area (Å²) in [6.07, 6.45) is 1.01. The molecule has 0 saturated heterocycles. The first-order chi connectivity index (χ1) is 16.4. The van der Waals surface area contributed by atoms with Crippen LogP contribution in [0.5, 0.6) is 0 Å². The second-order valence-electron chi connectivity index (χ2n) is 8.91. The van der Waals surface area contributed by atoms with Gasteiger partial charge in [-0.2, -0.15) is 0 Å². The Balaban J connectivity index is 1.55. The van der Waals surface area contributed by atoms with Gasteiger partial charge in [0.15, 0.2) is 0 Å². The maximum Gasteiger partial charge on any atom is -0.00132 e. The number of rotatable bonds is 2.